The zero-order chi connectivity index (χ0) is 14.8. The molecule has 0 radical (unpaired) electrons. The summed E-state index contributed by atoms with van der Waals surface area (Å²) in [5, 5.41) is 12.1. The molecule has 1 rings (SSSR count). The number of hydrogen-bond donors (Lipinski definition) is 2. The molecule has 5 nitrogen and oxygen atoms in total. The van der Waals surface area contributed by atoms with Crippen molar-refractivity contribution in [3.63, 3.8) is 0 Å². The molecule has 0 saturated heterocycles. The van der Waals surface area contributed by atoms with Gasteiger partial charge in [0.05, 0.1) is 12.7 Å². The lowest BCUT2D eigenvalue weighted by Gasteiger charge is -2.11. The van der Waals surface area contributed by atoms with E-state index in [1.807, 2.05) is 24.3 Å². The highest BCUT2D eigenvalue weighted by molar-refractivity contribution is 5.77. The van der Waals surface area contributed by atoms with Crippen molar-refractivity contribution in [3.8, 4) is 5.75 Å². The molecule has 0 spiro atoms. The molecular formula is C15H23NO4. The zero-order valence-electron chi connectivity index (χ0n) is 12.1. The Balaban J connectivity index is 2.22. The lowest BCUT2D eigenvalue weighted by atomic mass is 10.2. The Labute approximate surface area is 119 Å². The lowest BCUT2D eigenvalue weighted by Crippen LogP contribution is -2.32. The van der Waals surface area contributed by atoms with E-state index in [0.29, 0.717) is 18.7 Å². The maximum Gasteiger partial charge on any atom is 0.257 e. The van der Waals surface area contributed by atoms with Gasteiger partial charge in [0.25, 0.3) is 5.91 Å². The second-order valence-corrected chi connectivity index (χ2v) is 4.54. The Morgan fingerprint density at radius 3 is 2.95 bits per heavy atom. The predicted molar refractivity (Wildman–Crippen MR) is 76.8 cm³/mol. The Morgan fingerprint density at radius 1 is 1.45 bits per heavy atom. The number of aliphatic hydroxyl groups excluding tert-OH is 1. The summed E-state index contributed by atoms with van der Waals surface area (Å²) in [5.74, 6) is 0.496. The van der Waals surface area contributed by atoms with Gasteiger partial charge in [-0.25, -0.2) is 0 Å². The van der Waals surface area contributed by atoms with Gasteiger partial charge in [0, 0.05) is 13.7 Å². The van der Waals surface area contributed by atoms with Crippen molar-refractivity contribution >= 4 is 5.91 Å². The molecule has 1 unspecified atom stereocenters. The van der Waals surface area contributed by atoms with Gasteiger partial charge in [-0.2, -0.15) is 0 Å². The normalized spacial score (nSPS) is 11.9. The minimum atomic E-state index is -0.553. The van der Waals surface area contributed by atoms with Crippen LogP contribution >= 0.6 is 0 Å². The quantitative estimate of drug-likeness (QED) is 0.712. The number of rotatable bonds is 9. The third-order valence-electron chi connectivity index (χ3n) is 2.84. The molecule has 0 aliphatic rings. The minimum absolute atomic E-state index is 0.0203. The third-order valence-corrected chi connectivity index (χ3v) is 2.84. The highest BCUT2D eigenvalue weighted by Gasteiger charge is 2.06. The minimum Gasteiger partial charge on any atom is -0.484 e. The van der Waals surface area contributed by atoms with Gasteiger partial charge in [-0.05, 0) is 30.5 Å². The molecule has 5 heteroatoms. The number of ether oxygens (including phenoxy) is 2. The monoisotopic (exact) mass is 281 g/mol. The van der Waals surface area contributed by atoms with E-state index in [2.05, 4.69) is 12.2 Å². The highest BCUT2D eigenvalue weighted by atomic mass is 16.5. The summed E-state index contributed by atoms with van der Waals surface area (Å²) in [7, 11) is 1.53. The Hall–Kier alpha value is -1.59. The first-order valence-corrected chi connectivity index (χ1v) is 6.81. The number of hydrogen-bond acceptors (Lipinski definition) is 4. The van der Waals surface area contributed by atoms with Crippen molar-refractivity contribution in [3.05, 3.63) is 29.8 Å². The number of aliphatic hydroxyl groups is 1. The second-order valence-electron chi connectivity index (χ2n) is 4.54. The van der Waals surface area contributed by atoms with Crippen LogP contribution in [0.5, 0.6) is 5.75 Å². The predicted octanol–water partition coefficient (Wildman–Crippen LogP) is 1.14. The first kappa shape index (κ1) is 16.5. The van der Waals surface area contributed by atoms with Crippen LogP contribution < -0.4 is 10.1 Å². The van der Waals surface area contributed by atoms with Crippen molar-refractivity contribution in [2.75, 3.05) is 26.9 Å². The highest BCUT2D eigenvalue weighted by Crippen LogP contribution is 2.13. The molecule has 112 valence electrons. The van der Waals surface area contributed by atoms with Crippen LogP contribution in [0.25, 0.3) is 0 Å². The zero-order valence-corrected chi connectivity index (χ0v) is 12.1. The van der Waals surface area contributed by atoms with Crippen LogP contribution in [0.2, 0.25) is 0 Å². The van der Waals surface area contributed by atoms with Crippen LogP contribution in [0.1, 0.15) is 18.9 Å². The van der Waals surface area contributed by atoms with Gasteiger partial charge >= 0.3 is 0 Å². The number of amides is 1. The fourth-order valence-corrected chi connectivity index (χ4v) is 1.71. The third kappa shape index (κ3) is 6.54. The summed E-state index contributed by atoms with van der Waals surface area (Å²) in [6.07, 6.45) is 0.841. The van der Waals surface area contributed by atoms with E-state index >= 15 is 0 Å². The summed E-state index contributed by atoms with van der Waals surface area (Å²) in [6.45, 7) is 2.72. The fraction of sp³-hybridized carbons (Fsp3) is 0.533. The molecule has 0 aliphatic heterocycles. The van der Waals surface area contributed by atoms with E-state index in [4.69, 9.17) is 9.47 Å². The first-order valence-electron chi connectivity index (χ1n) is 6.81. The summed E-state index contributed by atoms with van der Waals surface area (Å²) in [6, 6.07) is 7.68. The summed E-state index contributed by atoms with van der Waals surface area (Å²) in [4.78, 5) is 11.6. The van der Waals surface area contributed by atoms with Crippen LogP contribution in [-0.2, 0) is 16.0 Å². The molecule has 1 atom stereocenters. The van der Waals surface area contributed by atoms with E-state index in [0.717, 1.165) is 6.42 Å². The Bertz CT molecular complexity index is 409. The lowest BCUT2D eigenvalue weighted by molar-refractivity contribution is -0.123. The van der Waals surface area contributed by atoms with Crippen molar-refractivity contribution in [2.45, 2.75) is 25.9 Å². The molecule has 1 amide bonds. The van der Waals surface area contributed by atoms with Gasteiger partial charge < -0.3 is 19.9 Å². The number of aryl methyl sites for hydroxylation is 1. The molecule has 0 saturated carbocycles. The van der Waals surface area contributed by atoms with Crippen LogP contribution in [0, 0.1) is 0 Å². The van der Waals surface area contributed by atoms with Crippen molar-refractivity contribution < 1.29 is 19.4 Å². The number of benzene rings is 1. The largest absolute Gasteiger partial charge is 0.484 e. The summed E-state index contributed by atoms with van der Waals surface area (Å²) < 4.78 is 10.2. The molecule has 20 heavy (non-hydrogen) atoms. The fourth-order valence-electron chi connectivity index (χ4n) is 1.71. The molecule has 0 aromatic heterocycles. The number of methoxy groups -OCH3 is 1. The van der Waals surface area contributed by atoms with Gasteiger partial charge in [-0.1, -0.05) is 19.1 Å². The Kier molecular flexibility index (Phi) is 7.69. The smallest absolute Gasteiger partial charge is 0.257 e. The molecule has 1 aromatic rings. The first-order chi connectivity index (χ1) is 9.65. The Morgan fingerprint density at radius 2 is 2.25 bits per heavy atom. The van der Waals surface area contributed by atoms with E-state index in [9.17, 15) is 9.90 Å². The van der Waals surface area contributed by atoms with E-state index in [-0.39, 0.29) is 19.1 Å². The molecule has 0 aliphatic carbocycles. The number of carbonyl (C=O) groups is 1. The maximum atomic E-state index is 11.6. The number of carbonyl (C=O) groups excluding carboxylic acids is 1. The van der Waals surface area contributed by atoms with Crippen LogP contribution in [0.3, 0.4) is 0 Å². The van der Waals surface area contributed by atoms with Crippen LogP contribution in [0.15, 0.2) is 24.3 Å². The van der Waals surface area contributed by atoms with Gasteiger partial charge in [-0.15, -0.1) is 0 Å². The van der Waals surface area contributed by atoms with Crippen LogP contribution in [0.4, 0.5) is 0 Å². The summed E-state index contributed by atoms with van der Waals surface area (Å²) >= 11 is 0. The molecule has 0 bridgehead atoms. The topological polar surface area (TPSA) is 67.8 Å². The van der Waals surface area contributed by atoms with Crippen molar-refractivity contribution in [2.24, 2.45) is 0 Å². The van der Waals surface area contributed by atoms with E-state index in [1.165, 1.54) is 12.7 Å². The average molecular weight is 281 g/mol. The molecule has 0 fully saturated rings. The average Bonchev–Trinajstić information content (AvgIpc) is 2.45. The molecular weight excluding hydrogens is 258 g/mol. The second kappa shape index (κ2) is 9.34. The maximum absolute atomic E-state index is 11.6. The molecule has 0 heterocycles. The standard InChI is InChI=1S/C15H23NO4/c1-3-12-5-4-6-14(9-12)20-11-15(18)16-8-7-13(17)10-19-2/h4-6,9,13,17H,3,7-8,10-11H2,1-2H3,(H,16,18). The van der Waals surface area contributed by atoms with Crippen LogP contribution in [-0.4, -0.2) is 44.0 Å². The SMILES string of the molecule is CCc1cccc(OCC(=O)NCCC(O)COC)c1. The van der Waals surface area contributed by atoms with E-state index in [1.54, 1.807) is 0 Å². The van der Waals surface area contributed by atoms with Gasteiger partial charge in [0.15, 0.2) is 6.61 Å². The summed E-state index contributed by atoms with van der Waals surface area (Å²) in [5.41, 5.74) is 1.17. The molecule has 2 N–H and O–H groups in total. The number of nitrogens with one attached hydrogen (secondary N) is 1. The van der Waals surface area contributed by atoms with Crippen molar-refractivity contribution in [1.29, 1.82) is 0 Å². The molecule has 1 aromatic carbocycles. The van der Waals surface area contributed by atoms with Gasteiger partial charge in [0.2, 0.25) is 0 Å². The van der Waals surface area contributed by atoms with Crippen molar-refractivity contribution in [1.82, 2.24) is 5.32 Å². The van der Waals surface area contributed by atoms with Gasteiger partial charge in [-0.3, -0.25) is 4.79 Å². The van der Waals surface area contributed by atoms with Gasteiger partial charge in [0.1, 0.15) is 5.75 Å². The van der Waals surface area contributed by atoms with E-state index < -0.39 is 6.10 Å².